The van der Waals surface area contributed by atoms with Crippen LogP contribution in [0.3, 0.4) is 0 Å². The average molecular weight is 438 g/mol. The fourth-order valence-corrected chi connectivity index (χ4v) is 0. The van der Waals surface area contributed by atoms with Crippen LogP contribution in [0.15, 0.2) is 0 Å². The van der Waals surface area contributed by atoms with Crippen LogP contribution in [0, 0.1) is 0 Å². The number of aliphatic carboxylic acids is 6. The van der Waals surface area contributed by atoms with Crippen molar-refractivity contribution in [2.75, 3.05) is 0 Å². The van der Waals surface area contributed by atoms with Gasteiger partial charge in [-0.15, -0.1) is 0 Å². The molecule has 0 aromatic heterocycles. The summed E-state index contributed by atoms with van der Waals surface area (Å²) in [5, 5.41) is 52.0. The van der Waals surface area contributed by atoms with E-state index in [1.165, 1.54) is 0 Å². The number of carboxylic acids is 6. The van der Waals surface area contributed by atoms with Gasteiger partial charge in [-0.3, -0.25) is 0 Å². The molecule has 0 saturated carbocycles. The van der Waals surface area contributed by atoms with Crippen LogP contribution in [-0.4, -0.2) is 40.9 Å². The number of hydrogen-bond acceptors (Lipinski definition) is 11. The van der Waals surface area contributed by atoms with Gasteiger partial charge in [-0.2, -0.15) is 0 Å². The summed E-state index contributed by atoms with van der Waals surface area (Å²) in [5.41, 5.74) is 0. The predicted molar refractivity (Wildman–Crippen MR) is 32.7 cm³/mol. The van der Waals surface area contributed by atoms with Crippen LogP contribution in [-0.2, 0) is 45.8 Å². The Hall–Kier alpha value is 2.25. The molecule has 0 aromatic carbocycles. The van der Waals surface area contributed by atoms with Crippen molar-refractivity contribution in [2.45, 2.75) is 0 Å². The van der Waals surface area contributed by atoms with Crippen LogP contribution in [0.5, 0.6) is 0 Å². The Morgan fingerprint density at radius 2 is 0.591 bits per heavy atom. The minimum absolute atomic E-state index is 0. The molecular formula is C6HFeK3O12. The molecule has 0 atom stereocenters. The molecule has 0 radical (unpaired) electrons. The van der Waals surface area contributed by atoms with Gasteiger partial charge >= 0.3 is 177 Å². The van der Waals surface area contributed by atoms with E-state index in [-0.39, 0.29) is 171 Å². The van der Waals surface area contributed by atoms with E-state index in [9.17, 15) is 0 Å². The van der Waals surface area contributed by atoms with Crippen LogP contribution in [0.25, 0.3) is 0 Å². The molecule has 0 bridgehead atoms. The number of carbonyl (C=O) groups excluding carboxylic acids is 5. The number of carboxylic acid groups (broad SMARTS) is 6. The third-order valence-electron chi connectivity index (χ3n) is 0.508. The van der Waals surface area contributed by atoms with Crippen LogP contribution in [0.4, 0.5) is 0 Å². The first kappa shape index (κ1) is 44.1. The Balaban J connectivity index is -0.0000000281. The summed E-state index contributed by atoms with van der Waals surface area (Å²) in [6, 6.07) is 0. The fraction of sp³-hybridized carbons (Fsp3) is 0. The predicted octanol–water partition coefficient (Wildman–Crippen LogP) is -18.2. The van der Waals surface area contributed by atoms with Gasteiger partial charge < -0.3 is 54.6 Å². The first-order chi connectivity index (χ1) is 7.93. The Morgan fingerprint density at radius 3 is 0.591 bits per heavy atom. The van der Waals surface area contributed by atoms with Crippen LogP contribution in [0.2, 0.25) is 0 Å². The molecule has 0 aromatic rings. The van der Waals surface area contributed by atoms with E-state index in [1.807, 2.05) is 0 Å². The van der Waals surface area contributed by atoms with E-state index in [0.29, 0.717) is 0 Å². The van der Waals surface area contributed by atoms with Crippen molar-refractivity contribution < 1.29 is 231 Å². The molecule has 0 aliphatic carbocycles. The van der Waals surface area contributed by atoms with Crippen LogP contribution >= 0.6 is 0 Å². The third-order valence-corrected chi connectivity index (χ3v) is 0.508. The van der Waals surface area contributed by atoms with E-state index in [1.54, 1.807) is 0 Å². The van der Waals surface area contributed by atoms with E-state index in [0.717, 1.165) is 0 Å². The topological polar surface area (TPSA) is 238 Å². The molecule has 0 saturated heterocycles. The zero-order valence-corrected chi connectivity index (χ0v) is 21.8. The maximum atomic E-state index is 9.04. The fourth-order valence-electron chi connectivity index (χ4n) is 0. The average Bonchev–Trinajstić information content (AvgIpc) is 2.18. The first-order valence-electron chi connectivity index (χ1n) is 3.22. The van der Waals surface area contributed by atoms with Crippen molar-refractivity contribution >= 4 is 35.8 Å². The third kappa shape index (κ3) is 49.5. The van der Waals surface area contributed by atoms with E-state index < -0.39 is 35.8 Å². The summed E-state index contributed by atoms with van der Waals surface area (Å²) in [6.07, 6.45) is 0. The molecule has 0 fully saturated rings. The van der Waals surface area contributed by atoms with Crippen LogP contribution in [0.1, 0.15) is 0 Å². The minimum Gasteiger partial charge on any atom is -0.543 e. The van der Waals surface area contributed by atoms with Crippen molar-refractivity contribution in [1.29, 1.82) is 0 Å². The minimum atomic E-state index is -2.19. The van der Waals surface area contributed by atoms with Gasteiger partial charge in [0, 0.05) is 0 Å². The van der Waals surface area contributed by atoms with Crippen molar-refractivity contribution in [3.8, 4) is 0 Å². The molecule has 0 heterocycles. The van der Waals surface area contributed by atoms with Crippen molar-refractivity contribution in [2.24, 2.45) is 0 Å². The molecule has 0 unspecified atom stereocenters. The van der Waals surface area contributed by atoms with E-state index >= 15 is 0 Å². The molecule has 22 heavy (non-hydrogen) atoms. The molecule has 12 nitrogen and oxygen atoms in total. The SMILES string of the molecule is O=C([O-])C(=O)O.O=C([O-])C(=O)[O-].O=C([O-])C(=O)[O-].[Fe+2].[K+].[K+].[K+]. The number of carbonyl (C=O) groups is 6. The second kappa shape index (κ2) is 28.1. The van der Waals surface area contributed by atoms with Crippen molar-refractivity contribution in [3.63, 3.8) is 0 Å². The van der Waals surface area contributed by atoms with Gasteiger partial charge in [0.05, 0.1) is 23.9 Å². The maximum absolute atomic E-state index is 9.04. The Bertz CT molecular complexity index is 290. The van der Waals surface area contributed by atoms with Gasteiger partial charge in [0.25, 0.3) is 0 Å². The second-order valence-corrected chi connectivity index (χ2v) is 1.74. The Labute approximate surface area is 260 Å². The molecule has 0 aliphatic rings. The zero-order chi connectivity index (χ0) is 15.5. The summed E-state index contributed by atoms with van der Waals surface area (Å²) in [6.45, 7) is 0. The second-order valence-electron chi connectivity index (χ2n) is 1.74. The number of hydrogen-bond donors (Lipinski definition) is 1. The molecule has 16 heteroatoms. The largest absolute Gasteiger partial charge is 2.00 e. The normalized spacial score (nSPS) is 6.00. The van der Waals surface area contributed by atoms with Crippen molar-refractivity contribution in [1.82, 2.24) is 0 Å². The van der Waals surface area contributed by atoms with Gasteiger partial charge in [-0.1, -0.05) is 0 Å². The Morgan fingerprint density at radius 1 is 0.500 bits per heavy atom. The monoisotopic (exact) mass is 438 g/mol. The summed E-state index contributed by atoms with van der Waals surface area (Å²) in [5.74, 6) is -12.7. The van der Waals surface area contributed by atoms with Crippen LogP contribution < -0.4 is 180 Å². The molecular weight excluding hydrogens is 437 g/mol. The van der Waals surface area contributed by atoms with Crippen molar-refractivity contribution in [3.05, 3.63) is 0 Å². The molecule has 0 amide bonds. The van der Waals surface area contributed by atoms with E-state index in [4.69, 9.17) is 59.4 Å². The van der Waals surface area contributed by atoms with Gasteiger partial charge in [0.2, 0.25) is 0 Å². The molecule has 0 aliphatic heterocycles. The molecule has 0 spiro atoms. The number of rotatable bonds is 0. The molecule has 1 N–H and O–H groups in total. The van der Waals surface area contributed by atoms with Gasteiger partial charge in [0.15, 0.2) is 5.97 Å². The smallest absolute Gasteiger partial charge is 0.543 e. The zero-order valence-electron chi connectivity index (χ0n) is 11.3. The maximum Gasteiger partial charge on any atom is 2.00 e. The summed E-state index contributed by atoms with van der Waals surface area (Å²) in [4.78, 5) is 53.7. The molecule has 0 rings (SSSR count). The summed E-state index contributed by atoms with van der Waals surface area (Å²) < 4.78 is 0. The van der Waals surface area contributed by atoms with Gasteiger partial charge in [-0.25, -0.2) is 4.79 Å². The van der Waals surface area contributed by atoms with Gasteiger partial charge in [-0.05, 0) is 0 Å². The molecule has 108 valence electrons. The summed E-state index contributed by atoms with van der Waals surface area (Å²) in [7, 11) is 0. The standard InChI is InChI=1S/3C2H2O4.Fe.3K/c3*3-1(4)2(5)6;;;;/h3*(H,3,4)(H,5,6);;;;/q;;;+2;3*+1/p-5. The quantitative estimate of drug-likeness (QED) is 0.274. The summed E-state index contributed by atoms with van der Waals surface area (Å²) >= 11 is 0. The van der Waals surface area contributed by atoms with E-state index in [2.05, 4.69) is 0 Å². The first-order valence-corrected chi connectivity index (χ1v) is 3.22. The Kier molecular flexibility index (Phi) is 56.2. The van der Waals surface area contributed by atoms with Gasteiger partial charge in [0.1, 0.15) is 0 Å².